The number of aliphatic hydroxyl groups excluding tert-OH is 2. The smallest absolute Gasteiger partial charge is 0.387 e. The number of phosphoric acid groups is 3. The molecule has 22 heteroatoms. The third-order valence-electron chi connectivity index (χ3n) is 3.85. The number of rotatable bonds is 8. The Morgan fingerprint density at radius 2 is 1.75 bits per heavy atom. The molecule has 1 saturated heterocycles. The van der Waals surface area contributed by atoms with Crippen molar-refractivity contribution in [3.63, 3.8) is 0 Å². The summed E-state index contributed by atoms with van der Waals surface area (Å²) in [5, 5.41) is 20.4. The van der Waals surface area contributed by atoms with Gasteiger partial charge in [0.2, 0.25) is 0 Å². The Kier molecular flexibility index (Phi) is 6.88. The summed E-state index contributed by atoms with van der Waals surface area (Å²) in [4.78, 5) is 46.1. The van der Waals surface area contributed by atoms with Crippen molar-refractivity contribution in [2.45, 2.75) is 24.5 Å². The molecule has 0 radical (unpaired) electrons. The summed E-state index contributed by atoms with van der Waals surface area (Å²) in [6.07, 6.45) is -6.68. The maximum Gasteiger partial charge on any atom is 0.490 e. The molecule has 0 spiro atoms. The molecule has 3 heterocycles. The van der Waals surface area contributed by atoms with Crippen LogP contribution in [-0.4, -0.2) is 74.2 Å². The Bertz CT molecular complexity index is 1160. The van der Waals surface area contributed by atoms with E-state index < -0.39 is 60.7 Å². The van der Waals surface area contributed by atoms with Gasteiger partial charge in [-0.05, 0) is 0 Å². The van der Waals surface area contributed by atoms with Gasteiger partial charge in [-0.2, -0.15) is 23.0 Å². The second-order valence-corrected chi connectivity index (χ2v) is 10.6. The van der Waals surface area contributed by atoms with Gasteiger partial charge in [0, 0.05) is 0 Å². The molecule has 0 aromatic carbocycles. The molecule has 2 aromatic rings. The van der Waals surface area contributed by atoms with Crippen LogP contribution in [0.5, 0.6) is 0 Å². The number of nitrogen functional groups attached to an aromatic ring is 1. The Labute approximate surface area is 175 Å². The molecular weight excluding hydrogens is 510 g/mol. The molecule has 8 N–H and O–H groups in total. The van der Waals surface area contributed by atoms with E-state index >= 15 is 0 Å². The van der Waals surface area contributed by atoms with Gasteiger partial charge < -0.3 is 40.3 Å². The van der Waals surface area contributed by atoms with Crippen molar-refractivity contribution in [1.29, 1.82) is 0 Å². The van der Waals surface area contributed by atoms with E-state index in [-0.39, 0.29) is 17.0 Å². The van der Waals surface area contributed by atoms with Crippen LogP contribution in [0.1, 0.15) is 6.23 Å². The summed E-state index contributed by atoms with van der Waals surface area (Å²) in [7, 11) is -16.8. The van der Waals surface area contributed by atoms with Crippen molar-refractivity contribution in [1.82, 2.24) is 19.5 Å². The molecular formula is C10H15FN5O13P3. The van der Waals surface area contributed by atoms with Gasteiger partial charge in [0.25, 0.3) is 0 Å². The highest BCUT2D eigenvalue weighted by Crippen LogP contribution is 2.66. The quantitative estimate of drug-likeness (QED) is 0.153. The second-order valence-electron chi connectivity index (χ2n) is 6.13. The van der Waals surface area contributed by atoms with Crippen LogP contribution in [0.2, 0.25) is 0 Å². The summed E-state index contributed by atoms with van der Waals surface area (Å²) in [5.74, 6) is -0.316. The fraction of sp³-hybridized carbons (Fsp3) is 0.500. The zero-order valence-corrected chi connectivity index (χ0v) is 17.9. The van der Waals surface area contributed by atoms with Crippen LogP contribution in [0.15, 0.2) is 6.33 Å². The number of halogens is 1. The molecule has 0 aliphatic carbocycles. The van der Waals surface area contributed by atoms with E-state index in [1.807, 2.05) is 0 Å². The van der Waals surface area contributed by atoms with E-state index in [1.54, 1.807) is 0 Å². The molecule has 3 unspecified atom stereocenters. The zero-order chi connectivity index (χ0) is 24.1. The van der Waals surface area contributed by atoms with E-state index in [9.17, 15) is 33.2 Å². The van der Waals surface area contributed by atoms with E-state index in [0.29, 0.717) is 0 Å². The molecule has 180 valence electrons. The van der Waals surface area contributed by atoms with E-state index in [1.165, 1.54) is 0 Å². The van der Waals surface area contributed by atoms with E-state index in [4.69, 9.17) is 25.2 Å². The lowest BCUT2D eigenvalue weighted by Gasteiger charge is -2.19. The number of phosphoric ester groups is 1. The van der Waals surface area contributed by atoms with Crippen molar-refractivity contribution in [2.24, 2.45) is 0 Å². The van der Waals surface area contributed by atoms with Gasteiger partial charge in [-0.1, -0.05) is 0 Å². The minimum atomic E-state index is -5.74. The van der Waals surface area contributed by atoms with E-state index in [2.05, 4.69) is 28.1 Å². The van der Waals surface area contributed by atoms with Crippen molar-refractivity contribution in [3.05, 3.63) is 12.4 Å². The lowest BCUT2D eigenvalue weighted by Crippen LogP contribution is -2.33. The predicted molar refractivity (Wildman–Crippen MR) is 95.4 cm³/mol. The molecule has 0 saturated carbocycles. The molecule has 1 fully saturated rings. The maximum atomic E-state index is 13.5. The topological polar surface area (TPSA) is 279 Å². The summed E-state index contributed by atoms with van der Waals surface area (Å²) in [6, 6.07) is 0. The average molecular weight is 525 g/mol. The monoisotopic (exact) mass is 525 g/mol. The molecule has 2 aromatic heterocycles. The highest BCUT2D eigenvalue weighted by molar-refractivity contribution is 7.66. The number of imidazole rings is 1. The fourth-order valence-corrected chi connectivity index (χ4v) is 5.69. The SMILES string of the molecule is Nc1nc(F)nc2c1ncn2C1O[C@H](COP(=O)(O)OP(=O)(O)OP(=O)(O)O)[C@@H](O)[C@@H]1O. The largest absolute Gasteiger partial charge is 0.490 e. The minimum Gasteiger partial charge on any atom is -0.387 e. The van der Waals surface area contributed by atoms with Crippen LogP contribution >= 0.6 is 23.5 Å². The molecule has 18 nitrogen and oxygen atoms in total. The Morgan fingerprint density at radius 1 is 1.09 bits per heavy atom. The molecule has 6 atom stereocenters. The minimum absolute atomic E-state index is 0.0478. The summed E-state index contributed by atoms with van der Waals surface area (Å²) in [6.45, 7) is -1.03. The molecule has 1 aliphatic heterocycles. The number of nitrogens with zero attached hydrogens (tertiary/aromatic N) is 4. The van der Waals surface area contributed by atoms with Crippen LogP contribution in [-0.2, 0) is 31.6 Å². The van der Waals surface area contributed by atoms with Gasteiger partial charge in [0.05, 0.1) is 12.9 Å². The Morgan fingerprint density at radius 3 is 2.38 bits per heavy atom. The van der Waals surface area contributed by atoms with Crippen LogP contribution in [0.3, 0.4) is 0 Å². The first kappa shape index (κ1) is 25.2. The van der Waals surface area contributed by atoms with E-state index in [0.717, 1.165) is 10.9 Å². The van der Waals surface area contributed by atoms with Crippen LogP contribution < -0.4 is 5.73 Å². The van der Waals surface area contributed by atoms with Crippen molar-refractivity contribution in [2.75, 3.05) is 12.3 Å². The molecule has 32 heavy (non-hydrogen) atoms. The lowest BCUT2D eigenvalue weighted by atomic mass is 10.1. The number of aromatic nitrogens is 4. The number of nitrogens with two attached hydrogens (primary N) is 1. The van der Waals surface area contributed by atoms with Crippen molar-refractivity contribution in [3.8, 4) is 0 Å². The first-order chi connectivity index (χ1) is 14.6. The summed E-state index contributed by atoms with van der Waals surface area (Å²) in [5.41, 5.74) is 5.27. The predicted octanol–water partition coefficient (Wildman–Crippen LogP) is -1.49. The van der Waals surface area contributed by atoms with Gasteiger partial charge in [-0.15, -0.1) is 0 Å². The summed E-state index contributed by atoms with van der Waals surface area (Å²) >= 11 is 0. The van der Waals surface area contributed by atoms with Crippen molar-refractivity contribution < 1.29 is 65.8 Å². The second kappa shape index (κ2) is 8.73. The standard InChI is InChI=1S/C10H15FN5O13P3/c11-10-14-7(12)4-8(15-10)16(2-13-4)9-6(18)5(17)3(27-9)1-26-31(22,23)29-32(24,25)28-30(19,20)21/h2-3,5-6,9,17-18H,1H2,(H,22,23)(H,24,25)(H2,12,14,15)(H2,19,20,21)/t3-,5-,6+,9?/m1/s1. The number of hydrogen-bond acceptors (Lipinski definition) is 13. The average Bonchev–Trinajstić information content (AvgIpc) is 3.12. The molecule has 1 aliphatic rings. The number of hydrogen-bond donors (Lipinski definition) is 7. The number of ether oxygens (including phenoxy) is 1. The van der Waals surface area contributed by atoms with Gasteiger partial charge in [-0.25, -0.2) is 18.7 Å². The highest BCUT2D eigenvalue weighted by atomic mass is 31.3. The Hall–Kier alpha value is -1.43. The Balaban J connectivity index is 1.72. The number of aliphatic hydroxyl groups is 2. The van der Waals surface area contributed by atoms with Gasteiger partial charge in [0.15, 0.2) is 23.2 Å². The van der Waals surface area contributed by atoms with Crippen LogP contribution in [0, 0.1) is 6.08 Å². The first-order valence-electron chi connectivity index (χ1n) is 8.04. The van der Waals surface area contributed by atoms with Crippen LogP contribution in [0.4, 0.5) is 10.2 Å². The summed E-state index contributed by atoms with van der Waals surface area (Å²) < 4.78 is 65.0. The number of fused-ring (bicyclic) bond motifs is 1. The molecule has 0 amide bonds. The normalized spacial score (nSPS) is 28.0. The number of anilines is 1. The highest BCUT2D eigenvalue weighted by Gasteiger charge is 2.47. The van der Waals surface area contributed by atoms with Crippen molar-refractivity contribution >= 4 is 40.4 Å². The maximum absolute atomic E-state index is 13.5. The molecule has 3 rings (SSSR count). The third kappa shape index (κ3) is 5.73. The van der Waals surface area contributed by atoms with Gasteiger partial charge >= 0.3 is 29.5 Å². The van der Waals surface area contributed by atoms with Gasteiger partial charge in [0.1, 0.15) is 18.3 Å². The molecule has 0 bridgehead atoms. The van der Waals surface area contributed by atoms with Gasteiger partial charge in [-0.3, -0.25) is 9.09 Å². The lowest BCUT2D eigenvalue weighted by molar-refractivity contribution is -0.0503. The third-order valence-corrected chi connectivity index (χ3v) is 7.65. The fourth-order valence-electron chi connectivity index (χ4n) is 2.66. The van der Waals surface area contributed by atoms with Crippen LogP contribution in [0.25, 0.3) is 11.2 Å². The first-order valence-corrected chi connectivity index (χ1v) is 12.6. The zero-order valence-electron chi connectivity index (χ0n) is 15.2.